The number of carbonyl (C=O) groups is 1. The number of hydrogen-bond donors (Lipinski definition) is 3. The fraction of sp³-hybridized carbons (Fsp3) is 0.300. The highest BCUT2D eigenvalue weighted by molar-refractivity contribution is 7.24. The highest BCUT2D eigenvalue weighted by Crippen LogP contribution is 2.31. The fourth-order valence-corrected chi connectivity index (χ4v) is 3.96. The van der Waals surface area contributed by atoms with Crippen molar-refractivity contribution in [3.8, 4) is 5.75 Å². The van der Waals surface area contributed by atoms with Crippen LogP contribution in [0.25, 0.3) is 20.2 Å². The van der Waals surface area contributed by atoms with Gasteiger partial charge in [-0.2, -0.15) is 0 Å². The van der Waals surface area contributed by atoms with E-state index in [2.05, 4.69) is 5.32 Å². The van der Waals surface area contributed by atoms with Gasteiger partial charge >= 0.3 is 0 Å². The minimum atomic E-state index is -1.07. The number of rotatable bonds is 7. The molecular weight excluding hydrogens is 366 g/mol. The van der Waals surface area contributed by atoms with Gasteiger partial charge in [-0.1, -0.05) is 25.1 Å². The molecule has 0 fully saturated rings. The van der Waals surface area contributed by atoms with E-state index in [1.54, 1.807) is 31.2 Å². The lowest BCUT2D eigenvalue weighted by Crippen LogP contribution is -2.54. The Morgan fingerprint density at radius 1 is 1.11 bits per heavy atom. The lowest BCUT2D eigenvalue weighted by molar-refractivity contribution is -0.126. The average Bonchev–Trinajstić information content (AvgIpc) is 2.71. The first kappa shape index (κ1) is 19.3. The molecule has 2 aromatic carbocycles. The molecule has 3 rings (SSSR count). The van der Waals surface area contributed by atoms with Gasteiger partial charge in [0.25, 0.3) is 5.91 Å². The van der Waals surface area contributed by atoms with Crippen molar-refractivity contribution >= 4 is 37.4 Å². The summed E-state index contributed by atoms with van der Waals surface area (Å²) in [6, 6.07) is 12.5. The Labute approximate surface area is 160 Å². The fourth-order valence-electron chi connectivity index (χ4n) is 2.83. The van der Waals surface area contributed by atoms with Crippen molar-refractivity contribution in [1.82, 2.24) is 5.32 Å². The monoisotopic (exact) mass is 387 g/mol. The van der Waals surface area contributed by atoms with Gasteiger partial charge in [0.2, 0.25) is 0 Å². The molecule has 1 amide bonds. The number of amides is 1. The van der Waals surface area contributed by atoms with Crippen LogP contribution in [0.1, 0.15) is 13.3 Å². The van der Waals surface area contributed by atoms with Crippen molar-refractivity contribution < 1.29 is 19.7 Å². The highest BCUT2D eigenvalue weighted by Gasteiger charge is 2.28. The van der Waals surface area contributed by atoms with E-state index in [1.807, 2.05) is 18.2 Å². The summed E-state index contributed by atoms with van der Waals surface area (Å²) >= 11 is 1.43. The standard InChI is InChI=1S/C20H21NO5S/c1-2-20(11-22,12-23)21-17(24)10-26-15-8-5-7-14-18(25)13-6-3-4-9-16(13)27-19(14)15/h3-9,22-23H,2,10-12H2,1H3,(H,21,24). The number of nitrogens with one attached hydrogen (secondary N) is 1. The number of benzene rings is 2. The zero-order chi connectivity index (χ0) is 19.4. The molecule has 27 heavy (non-hydrogen) atoms. The van der Waals surface area contributed by atoms with E-state index < -0.39 is 11.4 Å². The van der Waals surface area contributed by atoms with E-state index in [4.69, 9.17) is 4.74 Å². The van der Waals surface area contributed by atoms with E-state index in [1.165, 1.54) is 11.3 Å². The molecule has 0 saturated carbocycles. The smallest absolute Gasteiger partial charge is 0.258 e. The normalized spacial score (nSPS) is 11.7. The highest BCUT2D eigenvalue weighted by atomic mass is 32.1. The number of aliphatic hydroxyl groups excluding tert-OH is 2. The molecule has 0 aliphatic heterocycles. The Bertz CT molecular complexity index is 1020. The molecule has 0 aliphatic rings. The first-order valence-electron chi connectivity index (χ1n) is 8.63. The molecule has 0 bridgehead atoms. The summed E-state index contributed by atoms with van der Waals surface area (Å²) in [6.07, 6.45) is 0.383. The van der Waals surface area contributed by atoms with Gasteiger partial charge in [0.1, 0.15) is 5.75 Å². The molecule has 0 atom stereocenters. The van der Waals surface area contributed by atoms with Crippen molar-refractivity contribution in [2.24, 2.45) is 0 Å². The second-order valence-corrected chi connectivity index (χ2v) is 7.40. The van der Waals surface area contributed by atoms with Crippen LogP contribution in [0.15, 0.2) is 47.3 Å². The van der Waals surface area contributed by atoms with Crippen molar-refractivity contribution in [2.45, 2.75) is 18.9 Å². The van der Waals surface area contributed by atoms with Crippen molar-refractivity contribution in [3.05, 3.63) is 52.7 Å². The topological polar surface area (TPSA) is 95.9 Å². The summed E-state index contributed by atoms with van der Waals surface area (Å²) in [5.41, 5.74) is -1.14. The number of fused-ring (bicyclic) bond motifs is 2. The van der Waals surface area contributed by atoms with Crippen LogP contribution in [0.2, 0.25) is 0 Å². The van der Waals surface area contributed by atoms with E-state index >= 15 is 0 Å². The Hall–Kier alpha value is -2.48. The van der Waals surface area contributed by atoms with Crippen LogP contribution < -0.4 is 15.5 Å². The number of hydrogen-bond acceptors (Lipinski definition) is 6. The second kappa shape index (κ2) is 8.04. The van der Waals surface area contributed by atoms with E-state index in [0.717, 1.165) is 4.70 Å². The van der Waals surface area contributed by atoms with Gasteiger partial charge in [-0.15, -0.1) is 11.3 Å². The molecule has 0 aliphatic carbocycles. The Kier molecular flexibility index (Phi) is 5.74. The SMILES string of the molecule is CCC(CO)(CO)NC(=O)COc1cccc2c(=O)c3ccccc3sc12. The first-order chi connectivity index (χ1) is 13.0. The van der Waals surface area contributed by atoms with Crippen LogP contribution in [0, 0.1) is 0 Å². The lowest BCUT2D eigenvalue weighted by atomic mass is 9.98. The Balaban J connectivity index is 1.87. The zero-order valence-electron chi connectivity index (χ0n) is 14.9. The molecule has 3 aromatic rings. The van der Waals surface area contributed by atoms with E-state index in [9.17, 15) is 19.8 Å². The summed E-state index contributed by atoms with van der Waals surface area (Å²) in [4.78, 5) is 24.9. The van der Waals surface area contributed by atoms with Gasteiger partial charge in [-0.25, -0.2) is 0 Å². The third-order valence-corrected chi connectivity index (χ3v) is 5.81. The third kappa shape index (κ3) is 3.80. The molecule has 142 valence electrons. The summed E-state index contributed by atoms with van der Waals surface area (Å²) in [5.74, 6) is -0.00399. The van der Waals surface area contributed by atoms with Gasteiger partial charge in [-0.3, -0.25) is 9.59 Å². The molecule has 0 radical (unpaired) electrons. The molecule has 7 heteroatoms. The molecular formula is C20H21NO5S. The van der Waals surface area contributed by atoms with E-state index in [-0.39, 0.29) is 25.2 Å². The number of carbonyl (C=O) groups excluding carboxylic acids is 1. The Morgan fingerprint density at radius 3 is 2.52 bits per heavy atom. The average molecular weight is 387 g/mol. The molecule has 1 aromatic heterocycles. The molecule has 6 nitrogen and oxygen atoms in total. The van der Waals surface area contributed by atoms with Crippen LogP contribution in [0.4, 0.5) is 0 Å². The Morgan fingerprint density at radius 2 is 1.81 bits per heavy atom. The third-order valence-electron chi connectivity index (χ3n) is 4.61. The van der Waals surface area contributed by atoms with Crippen LogP contribution >= 0.6 is 11.3 Å². The maximum absolute atomic E-state index is 12.7. The summed E-state index contributed by atoms with van der Waals surface area (Å²) in [7, 11) is 0. The lowest BCUT2D eigenvalue weighted by Gasteiger charge is -2.29. The quantitative estimate of drug-likeness (QED) is 0.539. The first-order valence-corrected chi connectivity index (χ1v) is 9.45. The van der Waals surface area contributed by atoms with Crippen molar-refractivity contribution in [3.63, 3.8) is 0 Å². The maximum atomic E-state index is 12.7. The molecule has 0 spiro atoms. The summed E-state index contributed by atoms with van der Waals surface area (Å²) < 4.78 is 7.19. The van der Waals surface area contributed by atoms with Gasteiger partial charge in [0.15, 0.2) is 12.0 Å². The molecule has 3 N–H and O–H groups in total. The van der Waals surface area contributed by atoms with Crippen LogP contribution in [-0.4, -0.2) is 41.5 Å². The predicted molar refractivity (Wildman–Crippen MR) is 106 cm³/mol. The van der Waals surface area contributed by atoms with Crippen molar-refractivity contribution in [1.29, 1.82) is 0 Å². The zero-order valence-corrected chi connectivity index (χ0v) is 15.7. The van der Waals surface area contributed by atoms with E-state index in [0.29, 0.717) is 27.6 Å². The van der Waals surface area contributed by atoms with Crippen LogP contribution in [0.3, 0.4) is 0 Å². The number of aliphatic hydroxyl groups is 2. The predicted octanol–water partition coefficient (Wildman–Crippen LogP) is 2.04. The second-order valence-electron chi connectivity index (χ2n) is 6.35. The number of ether oxygens (including phenoxy) is 1. The largest absolute Gasteiger partial charge is 0.482 e. The van der Waals surface area contributed by atoms with Gasteiger partial charge in [0, 0.05) is 15.5 Å². The minimum absolute atomic E-state index is 0.0696. The van der Waals surface area contributed by atoms with Gasteiger partial charge < -0.3 is 20.3 Å². The van der Waals surface area contributed by atoms with Gasteiger partial charge in [0.05, 0.1) is 23.5 Å². The summed E-state index contributed by atoms with van der Waals surface area (Å²) in [5, 5.41) is 22.7. The van der Waals surface area contributed by atoms with Crippen LogP contribution in [0.5, 0.6) is 5.75 Å². The van der Waals surface area contributed by atoms with Crippen LogP contribution in [-0.2, 0) is 4.79 Å². The van der Waals surface area contributed by atoms with Crippen molar-refractivity contribution in [2.75, 3.05) is 19.8 Å². The molecule has 0 unspecified atom stereocenters. The molecule has 0 saturated heterocycles. The molecule has 1 heterocycles. The summed E-state index contributed by atoms with van der Waals surface area (Å²) in [6.45, 7) is 0.747. The van der Waals surface area contributed by atoms with Gasteiger partial charge in [-0.05, 0) is 30.7 Å². The minimum Gasteiger partial charge on any atom is -0.482 e. The maximum Gasteiger partial charge on any atom is 0.258 e.